The number of hydrogen-bond acceptors (Lipinski definition) is 5. The number of rotatable bonds is 6. The number of carbonyl (C=O) groups is 1. The van der Waals surface area contributed by atoms with E-state index in [4.69, 9.17) is 11.6 Å². The number of thioether (sulfide) groups is 1. The summed E-state index contributed by atoms with van der Waals surface area (Å²) in [7, 11) is 1.40. The van der Waals surface area contributed by atoms with E-state index in [0.29, 0.717) is 12.8 Å². The van der Waals surface area contributed by atoms with E-state index in [1.165, 1.54) is 7.11 Å². The average molecular weight is 328 g/mol. The minimum atomic E-state index is -0.204. The van der Waals surface area contributed by atoms with Gasteiger partial charge >= 0.3 is 5.97 Å². The van der Waals surface area contributed by atoms with Gasteiger partial charge in [-0.3, -0.25) is 4.79 Å². The van der Waals surface area contributed by atoms with Crippen LogP contribution >= 0.6 is 34.7 Å². The van der Waals surface area contributed by atoms with E-state index in [2.05, 4.69) is 9.72 Å². The van der Waals surface area contributed by atoms with Crippen LogP contribution in [0.2, 0.25) is 5.02 Å². The Balaban J connectivity index is 1.87. The van der Waals surface area contributed by atoms with Crippen LogP contribution in [-0.4, -0.2) is 18.1 Å². The molecule has 0 saturated heterocycles. The molecule has 0 N–H and O–H groups in total. The van der Waals surface area contributed by atoms with Crippen molar-refractivity contribution in [3.8, 4) is 0 Å². The van der Waals surface area contributed by atoms with Gasteiger partial charge in [0, 0.05) is 16.7 Å². The number of benzene rings is 1. The molecule has 1 heterocycles. The lowest BCUT2D eigenvalue weighted by Crippen LogP contribution is -2.02. The molecule has 0 saturated carbocycles. The normalized spacial score (nSPS) is 10.5. The van der Waals surface area contributed by atoms with E-state index < -0.39 is 0 Å². The van der Waals surface area contributed by atoms with Gasteiger partial charge in [-0.25, -0.2) is 4.98 Å². The number of aryl methyl sites for hydroxylation is 1. The molecule has 20 heavy (non-hydrogen) atoms. The molecule has 3 nitrogen and oxygen atoms in total. The van der Waals surface area contributed by atoms with Gasteiger partial charge in [0.15, 0.2) is 0 Å². The van der Waals surface area contributed by atoms with Crippen molar-refractivity contribution in [3.63, 3.8) is 0 Å². The zero-order valence-electron chi connectivity index (χ0n) is 11.0. The molecule has 0 fully saturated rings. The van der Waals surface area contributed by atoms with Crippen LogP contribution in [0.5, 0.6) is 0 Å². The maximum Gasteiger partial charge on any atom is 0.305 e. The molecule has 0 aliphatic heterocycles. The first-order chi connectivity index (χ1) is 9.69. The fourth-order valence-corrected chi connectivity index (χ4v) is 3.65. The Morgan fingerprint density at radius 1 is 1.45 bits per heavy atom. The van der Waals surface area contributed by atoms with Gasteiger partial charge in [-0.1, -0.05) is 23.7 Å². The summed E-state index contributed by atoms with van der Waals surface area (Å²) in [5, 5.41) is 3.79. The van der Waals surface area contributed by atoms with Crippen molar-refractivity contribution in [3.05, 3.63) is 45.4 Å². The number of ether oxygens (including phenoxy) is 1. The fraction of sp³-hybridized carbons (Fsp3) is 0.286. The smallest absolute Gasteiger partial charge is 0.305 e. The van der Waals surface area contributed by atoms with Gasteiger partial charge in [-0.05, 0) is 12.1 Å². The van der Waals surface area contributed by atoms with Crippen molar-refractivity contribution >= 4 is 40.7 Å². The number of carbonyl (C=O) groups excluding carboxylic acids is 1. The van der Waals surface area contributed by atoms with Crippen LogP contribution in [0.25, 0.3) is 0 Å². The fourth-order valence-electron chi connectivity index (χ4n) is 1.56. The van der Waals surface area contributed by atoms with Gasteiger partial charge in [-0.15, -0.1) is 23.1 Å². The molecule has 0 radical (unpaired) electrons. The van der Waals surface area contributed by atoms with Crippen molar-refractivity contribution in [1.29, 1.82) is 0 Å². The highest BCUT2D eigenvalue weighted by Gasteiger charge is 2.07. The van der Waals surface area contributed by atoms with Gasteiger partial charge in [0.2, 0.25) is 0 Å². The number of methoxy groups -OCH3 is 1. The first-order valence-electron chi connectivity index (χ1n) is 6.06. The highest BCUT2D eigenvalue weighted by Crippen LogP contribution is 2.30. The monoisotopic (exact) mass is 327 g/mol. The summed E-state index contributed by atoms with van der Waals surface area (Å²) in [6.07, 6.45) is 0.997. The number of thiazole rings is 1. The first-order valence-corrected chi connectivity index (χ1v) is 8.31. The topological polar surface area (TPSA) is 39.2 Å². The Hall–Kier alpha value is -1.04. The molecule has 2 rings (SSSR count). The summed E-state index contributed by atoms with van der Waals surface area (Å²) >= 11 is 9.38. The number of hydrogen-bond donors (Lipinski definition) is 0. The second-order valence-electron chi connectivity index (χ2n) is 4.03. The van der Waals surface area contributed by atoms with E-state index in [1.807, 2.05) is 29.6 Å². The van der Waals surface area contributed by atoms with Crippen molar-refractivity contribution in [2.24, 2.45) is 0 Å². The second kappa shape index (κ2) is 7.67. The number of nitrogens with zero attached hydrogens (tertiary/aromatic N) is 1. The van der Waals surface area contributed by atoms with Crippen LogP contribution in [0.15, 0.2) is 34.5 Å². The molecular formula is C14H14ClNO2S2. The van der Waals surface area contributed by atoms with E-state index in [-0.39, 0.29) is 5.97 Å². The van der Waals surface area contributed by atoms with E-state index in [1.54, 1.807) is 23.1 Å². The van der Waals surface area contributed by atoms with Crippen LogP contribution in [0.3, 0.4) is 0 Å². The summed E-state index contributed by atoms with van der Waals surface area (Å²) < 4.78 is 4.62. The minimum absolute atomic E-state index is 0.204. The third-order valence-electron chi connectivity index (χ3n) is 2.60. The summed E-state index contributed by atoms with van der Waals surface area (Å²) in [5.74, 6) is 0.581. The predicted octanol–water partition coefficient (Wildman–Crippen LogP) is 4.19. The number of esters is 1. The average Bonchev–Trinajstić information content (AvgIpc) is 2.92. The van der Waals surface area contributed by atoms with Crippen molar-refractivity contribution in [1.82, 2.24) is 4.98 Å². The third-order valence-corrected chi connectivity index (χ3v) is 5.21. The molecule has 0 spiro atoms. The van der Waals surface area contributed by atoms with Crippen molar-refractivity contribution < 1.29 is 9.53 Å². The molecule has 0 unspecified atom stereocenters. The van der Waals surface area contributed by atoms with Gasteiger partial charge < -0.3 is 4.74 Å². The summed E-state index contributed by atoms with van der Waals surface area (Å²) in [4.78, 5) is 16.6. The molecule has 0 bridgehead atoms. The summed E-state index contributed by atoms with van der Waals surface area (Å²) in [6, 6.07) is 7.77. The van der Waals surface area contributed by atoms with Crippen LogP contribution < -0.4 is 0 Å². The van der Waals surface area contributed by atoms with Gasteiger partial charge in [-0.2, -0.15) is 0 Å². The Morgan fingerprint density at radius 3 is 3.00 bits per heavy atom. The molecule has 6 heteroatoms. The van der Waals surface area contributed by atoms with Crippen molar-refractivity contribution in [2.45, 2.75) is 23.5 Å². The predicted molar refractivity (Wildman–Crippen MR) is 83.5 cm³/mol. The Kier molecular flexibility index (Phi) is 5.88. The Labute approximate surface area is 131 Å². The molecule has 0 amide bonds. The maximum absolute atomic E-state index is 11.1. The van der Waals surface area contributed by atoms with Crippen LogP contribution in [0.4, 0.5) is 0 Å². The molecule has 1 aromatic heterocycles. The van der Waals surface area contributed by atoms with Crippen LogP contribution in [-0.2, 0) is 21.7 Å². The van der Waals surface area contributed by atoms with Crippen molar-refractivity contribution in [2.75, 3.05) is 7.11 Å². The zero-order chi connectivity index (χ0) is 14.4. The lowest BCUT2D eigenvalue weighted by Gasteiger charge is -2.01. The number of aromatic nitrogens is 1. The highest BCUT2D eigenvalue weighted by atomic mass is 35.5. The van der Waals surface area contributed by atoms with E-state index in [0.717, 1.165) is 26.4 Å². The first kappa shape index (κ1) is 15.4. The SMILES string of the molecule is COC(=O)CCc1csc(CSc2ccccc2Cl)n1. The zero-order valence-corrected chi connectivity index (χ0v) is 13.4. The van der Waals surface area contributed by atoms with Crippen LogP contribution in [0.1, 0.15) is 17.1 Å². The molecule has 0 atom stereocenters. The molecule has 1 aromatic carbocycles. The van der Waals surface area contributed by atoms with E-state index in [9.17, 15) is 4.79 Å². The molecular weight excluding hydrogens is 314 g/mol. The quantitative estimate of drug-likeness (QED) is 0.589. The standard InChI is InChI=1S/C14H14ClNO2S2/c1-18-14(17)7-6-10-8-20-13(16-10)9-19-12-5-3-2-4-11(12)15/h2-5,8H,6-7,9H2,1H3. The lowest BCUT2D eigenvalue weighted by molar-refractivity contribution is -0.140. The highest BCUT2D eigenvalue weighted by molar-refractivity contribution is 7.98. The summed E-state index contributed by atoms with van der Waals surface area (Å²) in [5.41, 5.74) is 0.940. The Morgan fingerprint density at radius 2 is 2.25 bits per heavy atom. The molecule has 0 aliphatic carbocycles. The lowest BCUT2D eigenvalue weighted by atomic mass is 10.2. The van der Waals surface area contributed by atoms with Gasteiger partial charge in [0.1, 0.15) is 5.01 Å². The van der Waals surface area contributed by atoms with Gasteiger partial charge in [0.05, 0.1) is 30.0 Å². The molecule has 2 aromatic rings. The Bertz CT molecular complexity index is 586. The van der Waals surface area contributed by atoms with Crippen LogP contribution in [0, 0.1) is 0 Å². The van der Waals surface area contributed by atoms with E-state index >= 15 is 0 Å². The van der Waals surface area contributed by atoms with Gasteiger partial charge in [0.25, 0.3) is 0 Å². The third kappa shape index (κ3) is 4.51. The minimum Gasteiger partial charge on any atom is -0.469 e. The molecule has 0 aliphatic rings. The molecule has 106 valence electrons. The number of halogens is 1. The largest absolute Gasteiger partial charge is 0.469 e. The second-order valence-corrected chi connectivity index (χ2v) is 6.39. The maximum atomic E-state index is 11.1. The summed E-state index contributed by atoms with van der Waals surface area (Å²) in [6.45, 7) is 0.